The van der Waals surface area contributed by atoms with Crippen molar-refractivity contribution in [1.82, 2.24) is 0 Å². The molecule has 0 amide bonds. The highest BCUT2D eigenvalue weighted by Gasteiger charge is 2.26. The molecule has 20 heavy (non-hydrogen) atoms. The molecule has 0 aromatic heterocycles. The van der Waals surface area contributed by atoms with Crippen LogP contribution in [0.2, 0.25) is 0 Å². The highest BCUT2D eigenvalue weighted by molar-refractivity contribution is 9.10. The van der Waals surface area contributed by atoms with Crippen LogP contribution in [-0.4, -0.2) is 12.6 Å². The molecule has 104 valence electrons. The lowest BCUT2D eigenvalue weighted by Crippen LogP contribution is -2.35. The molecule has 1 aliphatic heterocycles. The first kappa shape index (κ1) is 13.8. The third-order valence-electron chi connectivity index (χ3n) is 3.83. The van der Waals surface area contributed by atoms with Gasteiger partial charge in [-0.2, -0.15) is 0 Å². The smallest absolute Gasteiger partial charge is 0.0981 e. The second kappa shape index (κ2) is 6.08. The standard InChI is InChI=1S/C17H18BrNO/c18-15-8-4-2-6-13(15)11-16(19)17-14-7-3-1-5-12(14)9-10-20-17/h1-8,16-17H,9-11,19H2. The summed E-state index contributed by atoms with van der Waals surface area (Å²) >= 11 is 3.58. The summed E-state index contributed by atoms with van der Waals surface area (Å²) in [6.45, 7) is 0.755. The average Bonchev–Trinajstić information content (AvgIpc) is 2.49. The Labute approximate surface area is 128 Å². The van der Waals surface area contributed by atoms with E-state index in [2.05, 4.69) is 52.3 Å². The summed E-state index contributed by atoms with van der Waals surface area (Å²) < 4.78 is 7.05. The number of fused-ring (bicyclic) bond motifs is 1. The van der Waals surface area contributed by atoms with Crippen LogP contribution < -0.4 is 5.73 Å². The summed E-state index contributed by atoms with van der Waals surface area (Å²) in [6.07, 6.45) is 1.78. The molecule has 0 bridgehead atoms. The summed E-state index contributed by atoms with van der Waals surface area (Å²) in [5.41, 5.74) is 10.3. The van der Waals surface area contributed by atoms with Gasteiger partial charge in [-0.05, 0) is 35.6 Å². The molecule has 2 unspecified atom stereocenters. The van der Waals surface area contributed by atoms with Crippen LogP contribution in [-0.2, 0) is 17.6 Å². The first-order valence-electron chi connectivity index (χ1n) is 6.94. The molecule has 1 aliphatic rings. The van der Waals surface area contributed by atoms with E-state index in [1.165, 1.54) is 16.7 Å². The fourth-order valence-corrected chi connectivity index (χ4v) is 3.25. The minimum atomic E-state index is -0.0323. The van der Waals surface area contributed by atoms with E-state index in [1.807, 2.05) is 12.1 Å². The molecule has 2 nitrogen and oxygen atoms in total. The van der Waals surface area contributed by atoms with Gasteiger partial charge in [-0.1, -0.05) is 58.4 Å². The Hall–Kier alpha value is -1.16. The first-order chi connectivity index (χ1) is 9.75. The maximum Gasteiger partial charge on any atom is 0.0981 e. The first-order valence-corrected chi connectivity index (χ1v) is 7.73. The minimum Gasteiger partial charge on any atom is -0.372 e. The molecule has 1 heterocycles. The fourth-order valence-electron chi connectivity index (χ4n) is 2.80. The third kappa shape index (κ3) is 2.80. The summed E-state index contributed by atoms with van der Waals surface area (Å²) in [5, 5.41) is 0. The van der Waals surface area contributed by atoms with Crippen LogP contribution in [0.25, 0.3) is 0 Å². The van der Waals surface area contributed by atoms with Gasteiger partial charge in [-0.25, -0.2) is 0 Å². The zero-order valence-corrected chi connectivity index (χ0v) is 12.8. The maximum absolute atomic E-state index is 6.42. The van der Waals surface area contributed by atoms with Crippen molar-refractivity contribution >= 4 is 15.9 Å². The van der Waals surface area contributed by atoms with E-state index in [4.69, 9.17) is 10.5 Å². The Morgan fingerprint density at radius 2 is 1.90 bits per heavy atom. The van der Waals surface area contributed by atoms with E-state index in [-0.39, 0.29) is 12.1 Å². The van der Waals surface area contributed by atoms with Crippen molar-refractivity contribution in [3.05, 3.63) is 69.7 Å². The Kier molecular flexibility index (Phi) is 4.20. The van der Waals surface area contributed by atoms with Crippen LogP contribution in [0.1, 0.15) is 22.8 Å². The van der Waals surface area contributed by atoms with Crippen molar-refractivity contribution in [1.29, 1.82) is 0 Å². The zero-order chi connectivity index (χ0) is 13.9. The fraction of sp³-hybridized carbons (Fsp3) is 0.294. The number of halogens is 1. The third-order valence-corrected chi connectivity index (χ3v) is 4.61. The van der Waals surface area contributed by atoms with Gasteiger partial charge in [0, 0.05) is 10.5 Å². The predicted octanol–water partition coefficient (Wildman–Crippen LogP) is 3.63. The van der Waals surface area contributed by atoms with E-state index >= 15 is 0 Å². The monoisotopic (exact) mass is 331 g/mol. The number of ether oxygens (including phenoxy) is 1. The van der Waals surface area contributed by atoms with Gasteiger partial charge in [-0.15, -0.1) is 0 Å². The molecule has 2 atom stereocenters. The van der Waals surface area contributed by atoms with E-state index in [0.717, 1.165) is 23.9 Å². The van der Waals surface area contributed by atoms with Gasteiger partial charge in [0.2, 0.25) is 0 Å². The molecule has 3 rings (SSSR count). The Morgan fingerprint density at radius 3 is 2.75 bits per heavy atom. The van der Waals surface area contributed by atoms with E-state index in [0.29, 0.717) is 0 Å². The summed E-state index contributed by atoms with van der Waals surface area (Å²) in [5.74, 6) is 0. The molecule has 0 fully saturated rings. The summed E-state index contributed by atoms with van der Waals surface area (Å²) in [4.78, 5) is 0. The number of benzene rings is 2. The lowest BCUT2D eigenvalue weighted by Gasteiger charge is -2.30. The second-order valence-corrected chi connectivity index (χ2v) is 6.05. The Balaban J connectivity index is 1.82. The van der Waals surface area contributed by atoms with Crippen LogP contribution >= 0.6 is 15.9 Å². The van der Waals surface area contributed by atoms with Crippen molar-refractivity contribution < 1.29 is 4.74 Å². The van der Waals surface area contributed by atoms with Crippen LogP contribution in [0, 0.1) is 0 Å². The van der Waals surface area contributed by atoms with E-state index < -0.39 is 0 Å². The largest absolute Gasteiger partial charge is 0.372 e. The van der Waals surface area contributed by atoms with Gasteiger partial charge in [0.25, 0.3) is 0 Å². The molecule has 2 N–H and O–H groups in total. The molecule has 0 spiro atoms. The topological polar surface area (TPSA) is 35.2 Å². The molecule has 0 radical (unpaired) electrons. The highest BCUT2D eigenvalue weighted by Crippen LogP contribution is 2.31. The van der Waals surface area contributed by atoms with Crippen molar-refractivity contribution in [2.75, 3.05) is 6.61 Å². The van der Waals surface area contributed by atoms with Crippen molar-refractivity contribution in [2.24, 2.45) is 5.73 Å². The van der Waals surface area contributed by atoms with Gasteiger partial charge in [0.05, 0.1) is 12.7 Å². The van der Waals surface area contributed by atoms with Crippen LogP contribution in [0.3, 0.4) is 0 Å². The van der Waals surface area contributed by atoms with Crippen LogP contribution in [0.5, 0.6) is 0 Å². The molecule has 2 aromatic carbocycles. The second-order valence-electron chi connectivity index (χ2n) is 5.20. The van der Waals surface area contributed by atoms with Gasteiger partial charge < -0.3 is 10.5 Å². The number of rotatable bonds is 3. The normalized spacial score (nSPS) is 19.4. The molecular formula is C17H18BrNO. The van der Waals surface area contributed by atoms with Gasteiger partial charge >= 0.3 is 0 Å². The quantitative estimate of drug-likeness (QED) is 0.931. The van der Waals surface area contributed by atoms with Crippen molar-refractivity contribution in [3.8, 4) is 0 Å². The molecule has 0 saturated heterocycles. The molecule has 0 saturated carbocycles. The zero-order valence-electron chi connectivity index (χ0n) is 11.3. The summed E-state index contributed by atoms with van der Waals surface area (Å²) in [6, 6.07) is 16.7. The molecule has 0 aliphatic carbocycles. The SMILES string of the molecule is NC(Cc1ccccc1Br)C1OCCc2ccccc21. The van der Waals surface area contributed by atoms with Gasteiger partial charge in [0.1, 0.15) is 0 Å². The van der Waals surface area contributed by atoms with Gasteiger partial charge in [-0.3, -0.25) is 0 Å². The molecular weight excluding hydrogens is 314 g/mol. The number of nitrogens with two attached hydrogens (primary N) is 1. The molecule has 2 aromatic rings. The van der Waals surface area contributed by atoms with Crippen LogP contribution in [0.15, 0.2) is 53.0 Å². The van der Waals surface area contributed by atoms with Crippen LogP contribution in [0.4, 0.5) is 0 Å². The highest BCUT2D eigenvalue weighted by atomic mass is 79.9. The number of hydrogen-bond acceptors (Lipinski definition) is 2. The van der Waals surface area contributed by atoms with Gasteiger partial charge in [0.15, 0.2) is 0 Å². The van der Waals surface area contributed by atoms with Crippen molar-refractivity contribution in [3.63, 3.8) is 0 Å². The lowest BCUT2D eigenvalue weighted by atomic mass is 9.91. The predicted molar refractivity (Wildman–Crippen MR) is 84.7 cm³/mol. The number of hydrogen-bond donors (Lipinski definition) is 1. The average molecular weight is 332 g/mol. The molecule has 3 heteroatoms. The summed E-state index contributed by atoms with van der Waals surface area (Å²) in [7, 11) is 0. The van der Waals surface area contributed by atoms with Crippen molar-refractivity contribution in [2.45, 2.75) is 25.0 Å². The lowest BCUT2D eigenvalue weighted by molar-refractivity contribution is 0.0246. The Bertz CT molecular complexity index is 599. The van der Waals surface area contributed by atoms with E-state index in [1.54, 1.807) is 0 Å². The van der Waals surface area contributed by atoms with E-state index in [9.17, 15) is 0 Å². The Morgan fingerprint density at radius 1 is 1.15 bits per heavy atom. The minimum absolute atomic E-state index is 0.00736. The maximum atomic E-state index is 6.42.